The minimum atomic E-state index is -0.287. The summed E-state index contributed by atoms with van der Waals surface area (Å²) in [7, 11) is 1.74. The highest BCUT2D eigenvalue weighted by Crippen LogP contribution is 2.22. The van der Waals surface area contributed by atoms with E-state index in [-0.39, 0.29) is 30.7 Å². The molecule has 2 aromatic rings. The second-order valence-corrected chi connectivity index (χ2v) is 6.90. The number of hydrogen-bond donors (Lipinski definition) is 0. The highest BCUT2D eigenvalue weighted by atomic mass is 16.5. The van der Waals surface area contributed by atoms with E-state index in [1.54, 1.807) is 42.3 Å². The van der Waals surface area contributed by atoms with Crippen LogP contribution in [0.2, 0.25) is 0 Å². The minimum absolute atomic E-state index is 0.0337. The van der Waals surface area contributed by atoms with E-state index in [0.29, 0.717) is 30.7 Å². The maximum Gasteiger partial charge on any atom is 0.261 e. The molecule has 3 amide bonds. The van der Waals surface area contributed by atoms with Crippen molar-refractivity contribution in [3.8, 4) is 5.75 Å². The highest BCUT2D eigenvalue weighted by Gasteiger charge is 2.34. The van der Waals surface area contributed by atoms with Gasteiger partial charge in [-0.1, -0.05) is 36.9 Å². The Hall–Kier alpha value is -3.41. The number of fused-ring (bicyclic) bond motifs is 1. The van der Waals surface area contributed by atoms with Crippen LogP contribution in [0.15, 0.2) is 61.2 Å². The van der Waals surface area contributed by atoms with E-state index in [0.717, 1.165) is 11.3 Å². The van der Waals surface area contributed by atoms with E-state index < -0.39 is 0 Å². The molecule has 0 N–H and O–H groups in total. The Morgan fingerprint density at radius 2 is 1.69 bits per heavy atom. The normalized spacial score (nSPS) is 12.7. The van der Waals surface area contributed by atoms with Crippen LogP contribution < -0.4 is 4.74 Å². The van der Waals surface area contributed by atoms with E-state index >= 15 is 0 Å². The van der Waals surface area contributed by atoms with Gasteiger partial charge in [-0.05, 0) is 36.2 Å². The predicted octanol–water partition coefficient (Wildman–Crippen LogP) is 3.29. The second kappa shape index (κ2) is 9.19. The van der Waals surface area contributed by atoms with Gasteiger partial charge in [0.2, 0.25) is 5.91 Å². The van der Waals surface area contributed by atoms with E-state index in [4.69, 9.17) is 4.74 Å². The molecule has 150 valence electrons. The van der Waals surface area contributed by atoms with Gasteiger partial charge < -0.3 is 9.64 Å². The average Bonchev–Trinajstić information content (AvgIpc) is 2.98. The lowest BCUT2D eigenvalue weighted by atomic mass is 10.1. The molecule has 29 heavy (non-hydrogen) atoms. The number of amides is 3. The molecule has 0 aliphatic carbocycles. The fourth-order valence-corrected chi connectivity index (χ4v) is 3.23. The van der Waals surface area contributed by atoms with Crippen molar-refractivity contribution in [2.24, 2.45) is 0 Å². The van der Waals surface area contributed by atoms with Crippen LogP contribution in [0, 0.1) is 0 Å². The standard InChI is InChI=1S/C23H24N2O4/c1-3-15-29-18-12-10-17(11-13-18)16-24(2)21(26)9-6-14-25-22(27)19-7-4-5-8-20(19)23(25)28/h3-5,7-8,10-13H,1,6,9,14-16H2,2H3. The topological polar surface area (TPSA) is 66.9 Å². The number of ether oxygens (including phenoxy) is 1. The molecule has 1 heterocycles. The van der Waals surface area contributed by atoms with E-state index in [1.807, 2.05) is 24.3 Å². The van der Waals surface area contributed by atoms with Gasteiger partial charge in [0.25, 0.3) is 11.8 Å². The summed E-state index contributed by atoms with van der Waals surface area (Å²) in [5, 5.41) is 0. The molecule has 2 aromatic carbocycles. The first-order valence-corrected chi connectivity index (χ1v) is 9.53. The lowest BCUT2D eigenvalue weighted by molar-refractivity contribution is -0.130. The molecule has 0 atom stereocenters. The summed E-state index contributed by atoms with van der Waals surface area (Å²) in [6.45, 7) is 4.78. The van der Waals surface area contributed by atoms with Crippen molar-refractivity contribution in [2.75, 3.05) is 20.2 Å². The molecule has 6 heteroatoms. The van der Waals surface area contributed by atoms with E-state index in [9.17, 15) is 14.4 Å². The Labute approximate surface area is 170 Å². The minimum Gasteiger partial charge on any atom is -0.490 e. The summed E-state index contributed by atoms with van der Waals surface area (Å²) >= 11 is 0. The van der Waals surface area contributed by atoms with Crippen molar-refractivity contribution in [2.45, 2.75) is 19.4 Å². The zero-order valence-electron chi connectivity index (χ0n) is 16.5. The molecule has 0 saturated carbocycles. The summed E-state index contributed by atoms with van der Waals surface area (Å²) in [5.74, 6) is 0.146. The van der Waals surface area contributed by atoms with Crippen molar-refractivity contribution in [1.29, 1.82) is 0 Å². The summed E-state index contributed by atoms with van der Waals surface area (Å²) in [6, 6.07) is 14.3. The van der Waals surface area contributed by atoms with Gasteiger partial charge in [-0.3, -0.25) is 19.3 Å². The number of carbonyl (C=O) groups excluding carboxylic acids is 3. The highest BCUT2D eigenvalue weighted by molar-refractivity contribution is 6.21. The summed E-state index contributed by atoms with van der Waals surface area (Å²) in [4.78, 5) is 40.0. The van der Waals surface area contributed by atoms with Gasteiger partial charge in [0.1, 0.15) is 12.4 Å². The quantitative estimate of drug-likeness (QED) is 0.485. The molecule has 0 aromatic heterocycles. The Balaban J connectivity index is 1.46. The van der Waals surface area contributed by atoms with Crippen LogP contribution in [-0.2, 0) is 11.3 Å². The average molecular weight is 392 g/mol. The Morgan fingerprint density at radius 3 is 2.28 bits per heavy atom. The zero-order valence-corrected chi connectivity index (χ0v) is 16.5. The summed E-state index contributed by atoms with van der Waals surface area (Å²) in [6.07, 6.45) is 2.38. The number of nitrogens with zero attached hydrogens (tertiary/aromatic N) is 2. The van der Waals surface area contributed by atoms with Crippen molar-refractivity contribution >= 4 is 17.7 Å². The third-order valence-corrected chi connectivity index (χ3v) is 4.79. The maximum absolute atomic E-state index is 12.4. The largest absolute Gasteiger partial charge is 0.490 e. The van der Waals surface area contributed by atoms with Gasteiger partial charge >= 0.3 is 0 Å². The van der Waals surface area contributed by atoms with Gasteiger partial charge in [-0.25, -0.2) is 0 Å². The molecule has 6 nitrogen and oxygen atoms in total. The first-order chi connectivity index (χ1) is 14.0. The van der Waals surface area contributed by atoms with Crippen LogP contribution in [0.3, 0.4) is 0 Å². The van der Waals surface area contributed by atoms with Gasteiger partial charge in [0.05, 0.1) is 11.1 Å². The molecule has 0 unspecified atom stereocenters. The Kier molecular flexibility index (Phi) is 6.44. The van der Waals surface area contributed by atoms with Crippen LogP contribution in [0.1, 0.15) is 39.1 Å². The molecular weight excluding hydrogens is 368 g/mol. The number of carbonyl (C=O) groups is 3. The van der Waals surface area contributed by atoms with Crippen LogP contribution in [0.25, 0.3) is 0 Å². The number of rotatable bonds is 9. The molecule has 0 fully saturated rings. The van der Waals surface area contributed by atoms with Gasteiger partial charge in [-0.15, -0.1) is 0 Å². The smallest absolute Gasteiger partial charge is 0.261 e. The van der Waals surface area contributed by atoms with Crippen LogP contribution in [0.5, 0.6) is 5.75 Å². The first-order valence-electron chi connectivity index (χ1n) is 9.53. The monoisotopic (exact) mass is 392 g/mol. The summed E-state index contributed by atoms with van der Waals surface area (Å²) < 4.78 is 5.45. The van der Waals surface area contributed by atoms with Crippen molar-refractivity contribution < 1.29 is 19.1 Å². The molecule has 0 radical (unpaired) electrons. The number of benzene rings is 2. The SMILES string of the molecule is C=CCOc1ccc(CN(C)C(=O)CCCN2C(=O)c3ccccc3C2=O)cc1. The fourth-order valence-electron chi connectivity index (χ4n) is 3.23. The van der Waals surface area contributed by atoms with Gasteiger partial charge in [0.15, 0.2) is 0 Å². The van der Waals surface area contributed by atoms with Crippen LogP contribution in [0.4, 0.5) is 0 Å². The molecule has 3 rings (SSSR count). The molecule has 1 aliphatic rings. The number of hydrogen-bond acceptors (Lipinski definition) is 4. The first kappa shape index (κ1) is 20.3. The second-order valence-electron chi connectivity index (χ2n) is 6.90. The molecule has 0 spiro atoms. The Morgan fingerprint density at radius 1 is 1.07 bits per heavy atom. The van der Waals surface area contributed by atoms with Crippen molar-refractivity contribution in [1.82, 2.24) is 9.80 Å². The third kappa shape index (κ3) is 4.71. The van der Waals surface area contributed by atoms with Crippen molar-refractivity contribution in [3.05, 3.63) is 77.9 Å². The van der Waals surface area contributed by atoms with Crippen LogP contribution >= 0.6 is 0 Å². The molecule has 0 bridgehead atoms. The fraction of sp³-hybridized carbons (Fsp3) is 0.261. The molecule has 1 aliphatic heterocycles. The summed E-state index contributed by atoms with van der Waals surface area (Å²) in [5.41, 5.74) is 1.86. The molecular formula is C23H24N2O4. The lowest BCUT2D eigenvalue weighted by Crippen LogP contribution is -2.32. The predicted molar refractivity (Wildman–Crippen MR) is 110 cm³/mol. The lowest BCUT2D eigenvalue weighted by Gasteiger charge is -2.19. The third-order valence-electron chi connectivity index (χ3n) is 4.79. The zero-order chi connectivity index (χ0) is 20.8. The van der Waals surface area contributed by atoms with Crippen LogP contribution in [-0.4, -0.2) is 47.7 Å². The van der Waals surface area contributed by atoms with Gasteiger partial charge in [-0.2, -0.15) is 0 Å². The maximum atomic E-state index is 12.4. The van der Waals surface area contributed by atoms with E-state index in [1.165, 1.54) is 4.90 Å². The molecule has 0 saturated heterocycles. The Bertz CT molecular complexity index is 886. The van der Waals surface area contributed by atoms with Gasteiger partial charge in [0, 0.05) is 26.6 Å². The van der Waals surface area contributed by atoms with E-state index in [2.05, 4.69) is 6.58 Å². The van der Waals surface area contributed by atoms with Crippen molar-refractivity contribution in [3.63, 3.8) is 0 Å². The number of imide groups is 1.